The number of allylic oxidation sites excluding steroid dienone is 9. The molecule has 246 valence electrons. The molecular formula is C32H44Cl2O10. The summed E-state index contributed by atoms with van der Waals surface area (Å²) in [6, 6.07) is 0. The second-order valence-corrected chi connectivity index (χ2v) is 12.1. The van der Waals surface area contributed by atoms with Gasteiger partial charge in [-0.1, -0.05) is 79.6 Å². The van der Waals surface area contributed by atoms with Gasteiger partial charge >= 0.3 is 11.9 Å². The maximum atomic E-state index is 12.1. The number of aliphatic hydroxyl groups is 5. The van der Waals surface area contributed by atoms with Gasteiger partial charge in [-0.15, -0.1) is 11.6 Å². The van der Waals surface area contributed by atoms with Crippen LogP contribution in [0.1, 0.15) is 52.9 Å². The number of carbonyl (C=O) groups is 2. The Bertz CT molecular complexity index is 1150. The van der Waals surface area contributed by atoms with Gasteiger partial charge in [0.1, 0.15) is 12.2 Å². The Morgan fingerprint density at radius 1 is 1.07 bits per heavy atom. The molecule has 1 saturated heterocycles. The van der Waals surface area contributed by atoms with Crippen molar-refractivity contribution in [1.29, 1.82) is 0 Å². The molecule has 6 N–H and O–H groups in total. The van der Waals surface area contributed by atoms with Gasteiger partial charge in [-0.25, -0.2) is 4.79 Å². The molecule has 44 heavy (non-hydrogen) atoms. The van der Waals surface area contributed by atoms with Crippen molar-refractivity contribution < 1.29 is 49.7 Å². The lowest BCUT2D eigenvalue weighted by Crippen LogP contribution is -2.61. The van der Waals surface area contributed by atoms with Gasteiger partial charge in [-0.05, 0) is 32.3 Å². The first-order valence-electron chi connectivity index (χ1n) is 14.6. The summed E-state index contributed by atoms with van der Waals surface area (Å²) in [6.07, 6.45) is 9.83. The summed E-state index contributed by atoms with van der Waals surface area (Å²) >= 11 is 12.6. The highest BCUT2D eigenvalue weighted by molar-refractivity contribution is 6.30. The lowest BCUT2D eigenvalue weighted by atomic mass is 9.85. The van der Waals surface area contributed by atoms with Crippen LogP contribution in [0.4, 0.5) is 0 Å². The van der Waals surface area contributed by atoms with E-state index in [0.29, 0.717) is 12.8 Å². The fourth-order valence-electron chi connectivity index (χ4n) is 4.85. The first-order chi connectivity index (χ1) is 20.7. The molecule has 0 unspecified atom stereocenters. The van der Waals surface area contributed by atoms with E-state index in [1.807, 2.05) is 13.8 Å². The Morgan fingerprint density at radius 3 is 2.39 bits per heavy atom. The van der Waals surface area contributed by atoms with E-state index in [9.17, 15) is 35.1 Å². The molecule has 10 atom stereocenters. The van der Waals surface area contributed by atoms with Crippen molar-refractivity contribution in [3.05, 3.63) is 71.4 Å². The first kappa shape index (κ1) is 37.9. The summed E-state index contributed by atoms with van der Waals surface area (Å²) in [4.78, 5) is 23.2. The normalized spacial score (nSPS) is 32.9. The van der Waals surface area contributed by atoms with Crippen LogP contribution in [0.25, 0.3) is 0 Å². The highest BCUT2D eigenvalue weighted by Gasteiger charge is 2.51. The number of ether oxygens (including phenoxy) is 2. The third-order valence-corrected chi connectivity index (χ3v) is 8.63. The van der Waals surface area contributed by atoms with Crippen molar-refractivity contribution in [2.24, 2.45) is 11.8 Å². The van der Waals surface area contributed by atoms with E-state index in [4.69, 9.17) is 37.8 Å². The van der Waals surface area contributed by atoms with Gasteiger partial charge in [0.05, 0.1) is 35.7 Å². The van der Waals surface area contributed by atoms with Gasteiger partial charge in [0.2, 0.25) is 0 Å². The Balaban J connectivity index is 1.90. The van der Waals surface area contributed by atoms with Gasteiger partial charge in [0.25, 0.3) is 0 Å². The molecule has 12 heteroatoms. The highest BCUT2D eigenvalue weighted by atomic mass is 35.5. The van der Waals surface area contributed by atoms with E-state index >= 15 is 0 Å². The molecule has 0 amide bonds. The molecule has 0 spiro atoms. The fourth-order valence-corrected chi connectivity index (χ4v) is 5.27. The minimum atomic E-state index is -2.24. The second-order valence-electron chi connectivity index (χ2n) is 11.2. The number of carboxylic acids is 1. The SMILES string of the molecule is CC/C=C/[C@@H]1O[C@](O)([C@H](O)[C@H](O)[C@@H](C)/C(Cl)=C/C=C/C=C(C)/C=C/C=C/C(=O)O[C@@H]2C[C@@H](C(=O)O)CC[C@@H]2O)C[C@H](O)[C@H]1Cl. The zero-order valence-electron chi connectivity index (χ0n) is 25.1. The van der Waals surface area contributed by atoms with Crippen LogP contribution in [-0.4, -0.2) is 90.4 Å². The maximum absolute atomic E-state index is 12.1. The monoisotopic (exact) mass is 658 g/mol. The van der Waals surface area contributed by atoms with Crippen molar-refractivity contribution >= 4 is 35.1 Å². The number of rotatable bonds is 13. The number of hydrogen-bond acceptors (Lipinski definition) is 9. The molecule has 0 aromatic heterocycles. The largest absolute Gasteiger partial charge is 0.481 e. The van der Waals surface area contributed by atoms with Crippen LogP contribution in [0, 0.1) is 11.8 Å². The van der Waals surface area contributed by atoms with Gasteiger partial charge in [-0.3, -0.25) is 4.79 Å². The molecule has 0 radical (unpaired) electrons. The van der Waals surface area contributed by atoms with Crippen molar-refractivity contribution in [2.45, 2.75) is 101 Å². The number of esters is 1. The van der Waals surface area contributed by atoms with Crippen molar-refractivity contribution in [2.75, 3.05) is 0 Å². The van der Waals surface area contributed by atoms with Crippen molar-refractivity contribution in [3.63, 3.8) is 0 Å². The number of halogens is 2. The van der Waals surface area contributed by atoms with Crippen LogP contribution in [0.2, 0.25) is 0 Å². The summed E-state index contributed by atoms with van der Waals surface area (Å²) in [5.74, 6) is -5.33. The zero-order valence-corrected chi connectivity index (χ0v) is 26.6. The molecule has 1 aliphatic heterocycles. The van der Waals surface area contributed by atoms with Gasteiger partial charge in [0.15, 0.2) is 5.79 Å². The van der Waals surface area contributed by atoms with Gasteiger partial charge in [-0.2, -0.15) is 0 Å². The first-order valence-corrected chi connectivity index (χ1v) is 15.4. The minimum absolute atomic E-state index is 0.0734. The summed E-state index contributed by atoms with van der Waals surface area (Å²) in [5.41, 5.74) is 0.818. The second kappa shape index (κ2) is 18.0. The molecule has 1 saturated carbocycles. The molecule has 1 aliphatic carbocycles. The van der Waals surface area contributed by atoms with Gasteiger partial charge in [0, 0.05) is 29.9 Å². The molecule has 2 fully saturated rings. The van der Waals surface area contributed by atoms with Crippen molar-refractivity contribution in [3.8, 4) is 0 Å². The van der Waals surface area contributed by atoms with Crippen LogP contribution in [0.5, 0.6) is 0 Å². The van der Waals surface area contributed by atoms with Gasteiger partial charge < -0.3 is 40.1 Å². The van der Waals surface area contributed by atoms with Crippen LogP contribution < -0.4 is 0 Å². The number of aliphatic carboxylic acids is 1. The van der Waals surface area contributed by atoms with E-state index < -0.39 is 78.0 Å². The minimum Gasteiger partial charge on any atom is -0.481 e. The molecule has 0 aromatic rings. The zero-order chi connectivity index (χ0) is 33.0. The lowest BCUT2D eigenvalue weighted by Gasteiger charge is -2.45. The number of carboxylic acid groups (broad SMARTS) is 1. The average molecular weight is 660 g/mol. The van der Waals surface area contributed by atoms with E-state index in [1.165, 1.54) is 18.2 Å². The maximum Gasteiger partial charge on any atom is 0.331 e. The van der Waals surface area contributed by atoms with Crippen LogP contribution in [0.3, 0.4) is 0 Å². The summed E-state index contributed by atoms with van der Waals surface area (Å²) < 4.78 is 10.8. The summed E-state index contributed by atoms with van der Waals surface area (Å²) in [7, 11) is 0. The molecule has 10 nitrogen and oxygen atoms in total. The quantitative estimate of drug-likeness (QED) is 0.0563. The predicted molar refractivity (Wildman–Crippen MR) is 167 cm³/mol. The smallest absolute Gasteiger partial charge is 0.331 e. The molecule has 0 bridgehead atoms. The third kappa shape index (κ3) is 11.3. The fraction of sp³-hybridized carbons (Fsp3) is 0.562. The van der Waals surface area contributed by atoms with Crippen molar-refractivity contribution in [1.82, 2.24) is 0 Å². The number of alkyl halides is 1. The Kier molecular flexibility index (Phi) is 15.5. The Morgan fingerprint density at radius 2 is 1.73 bits per heavy atom. The van der Waals surface area contributed by atoms with E-state index in [0.717, 1.165) is 5.57 Å². The molecule has 0 aromatic carbocycles. The Hall–Kier alpha value is -2.28. The number of aliphatic hydroxyl groups excluding tert-OH is 4. The van der Waals surface area contributed by atoms with E-state index in [-0.39, 0.29) is 17.9 Å². The van der Waals surface area contributed by atoms with Crippen LogP contribution in [-0.2, 0) is 19.1 Å². The van der Waals surface area contributed by atoms with Crippen LogP contribution >= 0.6 is 23.2 Å². The lowest BCUT2D eigenvalue weighted by molar-refractivity contribution is -0.316. The van der Waals surface area contributed by atoms with Crippen LogP contribution in [0.15, 0.2) is 71.4 Å². The molecule has 2 rings (SSSR count). The average Bonchev–Trinajstić information content (AvgIpc) is 2.98. The Labute approximate surface area is 268 Å². The standard InChI is InChI=1S/C32H44Cl2O10/c1-4-5-13-25-28(34)24(36)18-32(42,44-25)30(39)29(38)20(3)22(33)12-8-6-10-19(2)11-7-9-14-27(37)43-26-17-21(31(40)41)15-16-23(26)35/h5-14,20-21,23-26,28-30,35-36,38-39,42H,4,15-18H2,1-3H3,(H,40,41)/b8-6+,11-7+,13-5+,14-9+,19-10+,22-12-/t20-,21-,23-,24-,25-,26+,28+,29+,30+,32-/m0/s1. The summed E-state index contributed by atoms with van der Waals surface area (Å²) in [6.45, 7) is 5.29. The summed E-state index contributed by atoms with van der Waals surface area (Å²) in [5, 5.41) is 61.4. The number of hydrogen-bond donors (Lipinski definition) is 6. The molecule has 2 aliphatic rings. The number of carbonyl (C=O) groups excluding carboxylic acids is 1. The molecular weight excluding hydrogens is 615 g/mol. The topological polar surface area (TPSA) is 174 Å². The molecule has 1 heterocycles. The highest BCUT2D eigenvalue weighted by Crippen LogP contribution is 2.36. The van der Waals surface area contributed by atoms with E-state index in [1.54, 1.807) is 49.5 Å². The van der Waals surface area contributed by atoms with E-state index in [2.05, 4.69) is 0 Å². The predicted octanol–water partition coefficient (Wildman–Crippen LogP) is 3.65. The third-order valence-electron chi connectivity index (χ3n) is 7.62.